The minimum absolute atomic E-state index is 0.0828. The van der Waals surface area contributed by atoms with Gasteiger partial charge < -0.3 is 10.1 Å². The lowest BCUT2D eigenvalue weighted by atomic mass is 10.2. The number of carboxylic acid groups (broad SMARTS) is 1. The van der Waals surface area contributed by atoms with Crippen LogP contribution in [0.4, 0.5) is 0 Å². The number of para-hydroxylation sites is 1. The lowest BCUT2D eigenvalue weighted by Gasteiger charge is -2.04. The van der Waals surface area contributed by atoms with Crippen LogP contribution in [0.25, 0.3) is 11.0 Å². The third-order valence-electron chi connectivity index (χ3n) is 3.29. The number of rotatable bonds is 3. The van der Waals surface area contributed by atoms with Gasteiger partial charge in [0.15, 0.2) is 0 Å². The van der Waals surface area contributed by atoms with Gasteiger partial charge in [0, 0.05) is 5.02 Å². The Morgan fingerprint density at radius 3 is 2.57 bits per heavy atom. The quantitative estimate of drug-likeness (QED) is 0.781. The van der Waals surface area contributed by atoms with Crippen molar-refractivity contribution in [3.8, 4) is 0 Å². The molecule has 0 bridgehead atoms. The van der Waals surface area contributed by atoms with Crippen LogP contribution in [0, 0.1) is 0 Å². The highest BCUT2D eigenvalue weighted by molar-refractivity contribution is 6.30. The molecule has 2 N–H and O–H groups in total. The fraction of sp³-hybridized carbons (Fsp3) is 0.0667. The number of hydrogen-bond acceptors (Lipinski definition) is 2. The first kappa shape index (κ1) is 13.5. The second-order valence-corrected chi connectivity index (χ2v) is 5.08. The molecule has 0 saturated carbocycles. The van der Waals surface area contributed by atoms with E-state index in [0.717, 1.165) is 5.56 Å². The van der Waals surface area contributed by atoms with Crippen LogP contribution in [0.2, 0.25) is 5.02 Å². The normalized spacial score (nSPS) is 10.9. The summed E-state index contributed by atoms with van der Waals surface area (Å²) in [5, 5.41) is 9.78. The van der Waals surface area contributed by atoms with Crippen molar-refractivity contribution in [3.05, 3.63) is 69.1 Å². The SMILES string of the molecule is O=C(O)c1cccc2c1[nH]c(=O)n2Cc1ccc(Cl)cc1. The summed E-state index contributed by atoms with van der Waals surface area (Å²) in [6.45, 7) is 0.346. The van der Waals surface area contributed by atoms with Crippen molar-refractivity contribution >= 4 is 28.6 Å². The van der Waals surface area contributed by atoms with Crippen LogP contribution in [-0.4, -0.2) is 20.6 Å². The van der Waals surface area contributed by atoms with Crippen molar-refractivity contribution in [2.24, 2.45) is 0 Å². The number of H-pyrrole nitrogens is 1. The fourth-order valence-corrected chi connectivity index (χ4v) is 2.41. The van der Waals surface area contributed by atoms with Crippen LogP contribution in [-0.2, 0) is 6.54 Å². The van der Waals surface area contributed by atoms with Crippen molar-refractivity contribution in [2.75, 3.05) is 0 Å². The van der Waals surface area contributed by atoms with E-state index in [9.17, 15) is 9.59 Å². The number of aromatic amines is 1. The van der Waals surface area contributed by atoms with Gasteiger partial charge in [0.2, 0.25) is 0 Å². The van der Waals surface area contributed by atoms with Gasteiger partial charge in [-0.15, -0.1) is 0 Å². The lowest BCUT2D eigenvalue weighted by Crippen LogP contribution is -2.17. The topological polar surface area (TPSA) is 75.1 Å². The summed E-state index contributed by atoms with van der Waals surface area (Å²) in [4.78, 5) is 25.9. The first-order valence-corrected chi connectivity index (χ1v) is 6.63. The molecular weight excluding hydrogens is 292 g/mol. The van der Waals surface area contributed by atoms with Gasteiger partial charge in [-0.05, 0) is 29.8 Å². The molecule has 1 heterocycles. The third-order valence-corrected chi connectivity index (χ3v) is 3.55. The number of imidazole rings is 1. The molecule has 5 nitrogen and oxygen atoms in total. The maximum absolute atomic E-state index is 12.1. The van der Waals surface area contributed by atoms with E-state index in [0.29, 0.717) is 22.6 Å². The number of fused-ring (bicyclic) bond motifs is 1. The van der Waals surface area contributed by atoms with Gasteiger partial charge in [0.1, 0.15) is 0 Å². The predicted molar refractivity (Wildman–Crippen MR) is 80.1 cm³/mol. The molecule has 0 atom stereocenters. The van der Waals surface area contributed by atoms with Gasteiger partial charge in [-0.1, -0.05) is 29.8 Å². The summed E-state index contributed by atoms with van der Waals surface area (Å²) >= 11 is 5.84. The van der Waals surface area contributed by atoms with E-state index in [1.807, 2.05) is 12.1 Å². The molecule has 0 spiro atoms. The highest BCUT2D eigenvalue weighted by Gasteiger charge is 2.14. The van der Waals surface area contributed by atoms with Crippen molar-refractivity contribution in [1.82, 2.24) is 9.55 Å². The molecular formula is C15H11ClN2O3. The van der Waals surface area contributed by atoms with E-state index in [4.69, 9.17) is 16.7 Å². The van der Waals surface area contributed by atoms with Crippen molar-refractivity contribution in [1.29, 1.82) is 0 Å². The first-order valence-electron chi connectivity index (χ1n) is 6.25. The Balaban J connectivity index is 2.13. The average molecular weight is 303 g/mol. The maximum atomic E-state index is 12.1. The maximum Gasteiger partial charge on any atom is 0.337 e. The third kappa shape index (κ3) is 2.43. The number of carbonyl (C=O) groups is 1. The van der Waals surface area contributed by atoms with Crippen molar-refractivity contribution < 1.29 is 9.90 Å². The van der Waals surface area contributed by atoms with Crippen molar-refractivity contribution in [3.63, 3.8) is 0 Å². The van der Waals surface area contributed by atoms with E-state index in [2.05, 4.69) is 4.98 Å². The zero-order valence-corrected chi connectivity index (χ0v) is 11.6. The number of nitrogens with zero attached hydrogens (tertiary/aromatic N) is 1. The lowest BCUT2D eigenvalue weighted by molar-refractivity contribution is 0.0699. The monoisotopic (exact) mass is 302 g/mol. The summed E-state index contributed by atoms with van der Waals surface area (Å²) in [7, 11) is 0. The second kappa shape index (κ2) is 5.10. The molecule has 1 aromatic heterocycles. The van der Waals surface area contributed by atoms with E-state index in [1.54, 1.807) is 24.3 Å². The van der Waals surface area contributed by atoms with E-state index in [-0.39, 0.29) is 11.3 Å². The van der Waals surface area contributed by atoms with Crippen LogP contribution in [0.5, 0.6) is 0 Å². The van der Waals surface area contributed by atoms with Gasteiger partial charge >= 0.3 is 11.7 Å². The molecule has 0 aliphatic carbocycles. The number of aromatic carboxylic acids is 1. The van der Waals surface area contributed by atoms with E-state index < -0.39 is 5.97 Å². The van der Waals surface area contributed by atoms with Gasteiger partial charge in [-0.3, -0.25) is 4.57 Å². The minimum atomic E-state index is -1.07. The summed E-state index contributed by atoms with van der Waals surface area (Å²) in [6, 6.07) is 12.0. The smallest absolute Gasteiger partial charge is 0.337 e. The molecule has 2 aromatic carbocycles. The average Bonchev–Trinajstić information content (AvgIpc) is 2.77. The van der Waals surface area contributed by atoms with Gasteiger partial charge in [0.25, 0.3) is 0 Å². The molecule has 3 aromatic rings. The summed E-state index contributed by atoms with van der Waals surface area (Å²) in [5.41, 5.74) is 1.55. The number of aromatic nitrogens is 2. The molecule has 0 fully saturated rings. The number of carboxylic acids is 1. The standard InChI is InChI=1S/C15H11ClN2O3/c16-10-6-4-9(5-7-10)8-18-12-3-1-2-11(14(19)20)13(12)17-15(18)21/h1-7H,8H2,(H,17,21)(H,19,20). The van der Waals surface area contributed by atoms with Crippen LogP contribution in [0.3, 0.4) is 0 Å². The van der Waals surface area contributed by atoms with Gasteiger partial charge in [-0.2, -0.15) is 0 Å². The molecule has 0 aliphatic heterocycles. The molecule has 3 rings (SSSR count). The van der Waals surface area contributed by atoms with Gasteiger partial charge in [0.05, 0.1) is 23.1 Å². The number of hydrogen-bond donors (Lipinski definition) is 2. The van der Waals surface area contributed by atoms with E-state index >= 15 is 0 Å². The molecule has 0 aliphatic rings. The summed E-state index contributed by atoms with van der Waals surface area (Å²) in [5.74, 6) is -1.07. The fourth-order valence-electron chi connectivity index (χ4n) is 2.29. The second-order valence-electron chi connectivity index (χ2n) is 4.65. The summed E-state index contributed by atoms with van der Waals surface area (Å²) < 4.78 is 1.50. The number of halogens is 1. The Hall–Kier alpha value is -2.53. The zero-order chi connectivity index (χ0) is 15.0. The van der Waals surface area contributed by atoms with Crippen LogP contribution in [0.1, 0.15) is 15.9 Å². The van der Waals surface area contributed by atoms with Crippen LogP contribution >= 0.6 is 11.6 Å². The summed E-state index contributed by atoms with van der Waals surface area (Å²) in [6.07, 6.45) is 0. The largest absolute Gasteiger partial charge is 0.478 e. The van der Waals surface area contributed by atoms with Crippen LogP contribution < -0.4 is 5.69 Å². The zero-order valence-electron chi connectivity index (χ0n) is 10.8. The Labute approximate surface area is 124 Å². The highest BCUT2D eigenvalue weighted by atomic mass is 35.5. The molecule has 21 heavy (non-hydrogen) atoms. The van der Waals surface area contributed by atoms with Crippen LogP contribution in [0.15, 0.2) is 47.3 Å². The molecule has 106 valence electrons. The highest BCUT2D eigenvalue weighted by Crippen LogP contribution is 2.17. The molecule has 0 unspecified atom stereocenters. The molecule has 0 radical (unpaired) electrons. The first-order chi connectivity index (χ1) is 10.1. The number of benzene rings is 2. The Morgan fingerprint density at radius 1 is 1.19 bits per heavy atom. The predicted octanol–water partition coefficient (Wildman–Crippen LogP) is 2.73. The molecule has 6 heteroatoms. The molecule has 0 amide bonds. The Bertz CT molecular complexity index is 878. The Kier molecular flexibility index (Phi) is 3.27. The number of nitrogens with one attached hydrogen (secondary N) is 1. The van der Waals surface area contributed by atoms with Gasteiger partial charge in [-0.25, -0.2) is 9.59 Å². The Morgan fingerprint density at radius 2 is 1.90 bits per heavy atom. The van der Waals surface area contributed by atoms with E-state index in [1.165, 1.54) is 10.6 Å². The molecule has 0 saturated heterocycles. The van der Waals surface area contributed by atoms with Crippen molar-refractivity contribution in [2.45, 2.75) is 6.54 Å². The minimum Gasteiger partial charge on any atom is -0.478 e.